The van der Waals surface area contributed by atoms with Gasteiger partial charge in [0.2, 0.25) is 0 Å². The molecule has 0 aliphatic rings. The van der Waals surface area contributed by atoms with Crippen LogP contribution in [0, 0.1) is 12.7 Å². The van der Waals surface area contributed by atoms with Crippen molar-refractivity contribution in [2.24, 2.45) is 0 Å². The molecule has 2 aromatic carbocycles. The number of nitrogens with two attached hydrogens (primary N) is 1. The molecule has 0 amide bonds. The summed E-state index contributed by atoms with van der Waals surface area (Å²) >= 11 is 0. The van der Waals surface area contributed by atoms with E-state index in [1.165, 1.54) is 25.6 Å². The van der Waals surface area contributed by atoms with Crippen molar-refractivity contribution in [1.29, 1.82) is 0 Å². The van der Waals surface area contributed by atoms with Gasteiger partial charge in [-0.1, -0.05) is 0 Å². The number of carbonyl (C=O) groups is 1. The van der Waals surface area contributed by atoms with Crippen LogP contribution in [0.1, 0.15) is 15.9 Å². The van der Waals surface area contributed by atoms with E-state index in [2.05, 4.69) is 15.3 Å². The van der Waals surface area contributed by atoms with Crippen molar-refractivity contribution in [3.63, 3.8) is 0 Å². The molecule has 25 heavy (non-hydrogen) atoms. The second kappa shape index (κ2) is 7.31. The van der Waals surface area contributed by atoms with Crippen molar-refractivity contribution in [3.8, 4) is 0 Å². The summed E-state index contributed by atoms with van der Waals surface area (Å²) in [5.74, 6) is -0.614. The summed E-state index contributed by atoms with van der Waals surface area (Å²) in [5, 5.41) is 3.59. The van der Waals surface area contributed by atoms with E-state index in [1.54, 1.807) is 25.1 Å². The van der Waals surface area contributed by atoms with E-state index in [0.717, 1.165) is 0 Å². The van der Waals surface area contributed by atoms with Gasteiger partial charge in [0.15, 0.2) is 0 Å². The van der Waals surface area contributed by atoms with Gasteiger partial charge in [-0.15, -0.1) is 12.4 Å². The molecule has 3 aromatic rings. The molecule has 0 atom stereocenters. The lowest BCUT2D eigenvalue weighted by Crippen LogP contribution is -2.07. The number of ether oxygens (including phenoxy) is 1. The molecule has 0 spiro atoms. The number of rotatable bonds is 3. The lowest BCUT2D eigenvalue weighted by Gasteiger charge is -2.12. The molecule has 8 heteroatoms. The number of esters is 1. The zero-order chi connectivity index (χ0) is 17.3. The van der Waals surface area contributed by atoms with Gasteiger partial charge in [0.25, 0.3) is 0 Å². The summed E-state index contributed by atoms with van der Waals surface area (Å²) in [6.45, 7) is 1.64. The van der Waals surface area contributed by atoms with Crippen LogP contribution in [-0.4, -0.2) is 23.0 Å². The average molecular weight is 363 g/mol. The minimum atomic E-state index is -0.532. The Morgan fingerprint density at radius 3 is 2.72 bits per heavy atom. The van der Waals surface area contributed by atoms with Gasteiger partial charge < -0.3 is 15.8 Å². The number of fused-ring (bicyclic) bond motifs is 1. The van der Waals surface area contributed by atoms with E-state index in [-0.39, 0.29) is 23.7 Å². The zero-order valence-electron chi connectivity index (χ0n) is 13.5. The van der Waals surface area contributed by atoms with Crippen LogP contribution in [0.3, 0.4) is 0 Å². The Hall–Kier alpha value is -2.93. The third kappa shape index (κ3) is 3.61. The first kappa shape index (κ1) is 18.4. The lowest BCUT2D eigenvalue weighted by molar-refractivity contribution is 0.0600. The van der Waals surface area contributed by atoms with Crippen molar-refractivity contribution < 1.29 is 13.9 Å². The van der Waals surface area contributed by atoms with Gasteiger partial charge in [0.1, 0.15) is 18.0 Å². The molecule has 0 saturated heterocycles. The number of benzene rings is 2. The molecule has 6 nitrogen and oxygen atoms in total. The molecule has 1 heterocycles. The van der Waals surface area contributed by atoms with Crippen LogP contribution in [0.2, 0.25) is 0 Å². The number of halogens is 2. The predicted octanol–water partition coefficient (Wildman–Crippen LogP) is 3.61. The van der Waals surface area contributed by atoms with Crippen molar-refractivity contribution in [1.82, 2.24) is 9.97 Å². The van der Waals surface area contributed by atoms with E-state index < -0.39 is 11.8 Å². The summed E-state index contributed by atoms with van der Waals surface area (Å²) in [5.41, 5.74) is 7.84. The summed E-state index contributed by atoms with van der Waals surface area (Å²) in [4.78, 5) is 20.1. The number of aromatic nitrogens is 2. The van der Waals surface area contributed by atoms with Crippen LogP contribution in [0.15, 0.2) is 36.7 Å². The van der Waals surface area contributed by atoms with E-state index in [9.17, 15) is 9.18 Å². The largest absolute Gasteiger partial charge is 0.465 e. The second-order valence-corrected chi connectivity index (χ2v) is 5.26. The topological polar surface area (TPSA) is 90.1 Å². The maximum atomic E-state index is 14.3. The summed E-state index contributed by atoms with van der Waals surface area (Å²) in [7, 11) is 1.28. The van der Waals surface area contributed by atoms with Crippen LogP contribution >= 0.6 is 12.4 Å². The normalized spacial score (nSPS) is 10.2. The maximum Gasteiger partial charge on any atom is 0.338 e. The fourth-order valence-electron chi connectivity index (χ4n) is 2.40. The number of nitrogens with zero attached hydrogens (tertiary/aromatic N) is 2. The van der Waals surface area contributed by atoms with Gasteiger partial charge in [-0.2, -0.15) is 0 Å². The minimum Gasteiger partial charge on any atom is -0.465 e. The highest BCUT2D eigenvalue weighted by Crippen LogP contribution is 2.27. The molecule has 0 radical (unpaired) electrons. The Labute approximate surface area is 149 Å². The highest BCUT2D eigenvalue weighted by atomic mass is 35.5. The van der Waals surface area contributed by atoms with Crippen molar-refractivity contribution in [2.75, 3.05) is 18.2 Å². The monoisotopic (exact) mass is 362 g/mol. The number of anilines is 3. The smallest absolute Gasteiger partial charge is 0.338 e. The Bertz CT molecular complexity index is 949. The molecule has 130 valence electrons. The first-order valence-electron chi connectivity index (χ1n) is 7.15. The minimum absolute atomic E-state index is 0. The Morgan fingerprint density at radius 2 is 2.00 bits per heavy atom. The first-order valence-corrected chi connectivity index (χ1v) is 7.15. The van der Waals surface area contributed by atoms with E-state index >= 15 is 0 Å². The van der Waals surface area contributed by atoms with Gasteiger partial charge in [0, 0.05) is 11.1 Å². The molecule has 0 aliphatic carbocycles. The Kier molecular flexibility index (Phi) is 5.38. The van der Waals surface area contributed by atoms with Crippen molar-refractivity contribution in [2.45, 2.75) is 6.92 Å². The van der Waals surface area contributed by atoms with Gasteiger partial charge in [0.05, 0.1) is 23.9 Å². The Balaban J connectivity index is 0.00000225. The lowest BCUT2D eigenvalue weighted by atomic mass is 10.1. The second-order valence-electron chi connectivity index (χ2n) is 5.26. The number of nitrogen functional groups attached to an aromatic ring is 1. The number of nitrogens with one attached hydrogen (secondary N) is 1. The quantitative estimate of drug-likeness (QED) is 0.546. The standard InChI is InChI=1S/C17H15FN4O2.ClH/c1-9-5-13(18)15(7-12(9)17(23)24-2)22-16-11-4-3-10(19)6-14(11)20-8-21-16;/h3-8H,19H2,1-2H3,(H,20,21,22);1H. The van der Waals surface area contributed by atoms with Crippen LogP contribution in [-0.2, 0) is 4.74 Å². The fraction of sp³-hybridized carbons (Fsp3) is 0.118. The van der Waals surface area contributed by atoms with E-state index in [0.29, 0.717) is 28.0 Å². The summed E-state index contributed by atoms with van der Waals surface area (Å²) in [6, 6.07) is 7.84. The molecule has 0 aliphatic heterocycles. The number of hydrogen-bond donors (Lipinski definition) is 2. The number of methoxy groups -OCH3 is 1. The molecular weight excluding hydrogens is 347 g/mol. The van der Waals surface area contributed by atoms with Gasteiger partial charge in [-0.3, -0.25) is 0 Å². The Morgan fingerprint density at radius 1 is 1.24 bits per heavy atom. The summed E-state index contributed by atoms with van der Waals surface area (Å²) in [6.07, 6.45) is 1.36. The highest BCUT2D eigenvalue weighted by molar-refractivity contribution is 5.94. The van der Waals surface area contributed by atoms with Gasteiger partial charge in [-0.05, 0) is 42.8 Å². The summed E-state index contributed by atoms with van der Waals surface area (Å²) < 4.78 is 19.0. The third-order valence-electron chi connectivity index (χ3n) is 3.63. The molecule has 1 aromatic heterocycles. The fourth-order valence-corrected chi connectivity index (χ4v) is 2.40. The van der Waals surface area contributed by atoms with Crippen LogP contribution < -0.4 is 11.1 Å². The van der Waals surface area contributed by atoms with Gasteiger partial charge >= 0.3 is 5.97 Å². The third-order valence-corrected chi connectivity index (χ3v) is 3.63. The molecule has 3 N–H and O–H groups in total. The van der Waals surface area contributed by atoms with Crippen LogP contribution in [0.5, 0.6) is 0 Å². The maximum absolute atomic E-state index is 14.3. The van der Waals surface area contributed by atoms with Crippen LogP contribution in [0.4, 0.5) is 21.6 Å². The number of carbonyl (C=O) groups excluding carboxylic acids is 1. The average Bonchev–Trinajstić information content (AvgIpc) is 2.56. The SMILES string of the molecule is COC(=O)c1cc(Nc2ncnc3cc(N)ccc23)c(F)cc1C.Cl. The number of hydrogen-bond acceptors (Lipinski definition) is 6. The van der Waals surface area contributed by atoms with Crippen molar-refractivity contribution >= 4 is 46.5 Å². The molecule has 0 fully saturated rings. The molecule has 0 saturated carbocycles. The molecular formula is C17H16ClFN4O2. The van der Waals surface area contributed by atoms with Crippen molar-refractivity contribution in [3.05, 3.63) is 53.6 Å². The number of aryl methyl sites for hydroxylation is 1. The van der Waals surface area contributed by atoms with E-state index in [1.807, 2.05) is 0 Å². The molecule has 3 rings (SSSR count). The first-order chi connectivity index (χ1) is 11.5. The highest BCUT2D eigenvalue weighted by Gasteiger charge is 2.15. The zero-order valence-corrected chi connectivity index (χ0v) is 14.4. The van der Waals surface area contributed by atoms with E-state index in [4.69, 9.17) is 10.5 Å². The predicted molar refractivity (Wildman–Crippen MR) is 97.0 cm³/mol. The van der Waals surface area contributed by atoms with Crippen LogP contribution in [0.25, 0.3) is 10.9 Å². The van der Waals surface area contributed by atoms with Gasteiger partial charge in [-0.25, -0.2) is 19.2 Å². The molecule has 0 bridgehead atoms. The molecule has 0 unspecified atom stereocenters.